The summed E-state index contributed by atoms with van der Waals surface area (Å²) in [6.45, 7) is 42.8. The summed E-state index contributed by atoms with van der Waals surface area (Å²) in [5.74, 6) is 0. The Morgan fingerprint density at radius 2 is 0.732 bits per heavy atom. The molecule has 1 saturated carbocycles. The van der Waals surface area contributed by atoms with E-state index in [1.807, 2.05) is 0 Å². The van der Waals surface area contributed by atoms with Gasteiger partial charge < -0.3 is 0 Å². The summed E-state index contributed by atoms with van der Waals surface area (Å²) in [6, 6.07) is 33.3. The van der Waals surface area contributed by atoms with Gasteiger partial charge in [-0.15, -0.1) is 0 Å². The normalized spacial score (nSPS) is 19.3. The van der Waals surface area contributed by atoms with Crippen LogP contribution in [-0.4, -0.2) is 35.6 Å². The summed E-state index contributed by atoms with van der Waals surface area (Å²) in [4.78, 5) is 0. The van der Waals surface area contributed by atoms with Crippen molar-refractivity contribution in [2.45, 2.75) is 154 Å². The average molecular weight is 1070 g/mol. The van der Waals surface area contributed by atoms with E-state index in [1.54, 1.807) is 17.9 Å². The first-order chi connectivity index (χ1) is 32.9. The Labute approximate surface area is 442 Å². The predicted molar refractivity (Wildman–Crippen MR) is 312 cm³/mol. The van der Waals surface area contributed by atoms with Gasteiger partial charge in [0.05, 0.1) is 0 Å². The molecule has 4 aromatic carbocycles. The summed E-state index contributed by atoms with van der Waals surface area (Å²) >= 11 is 0.606. The first-order valence-electron chi connectivity index (χ1n) is 26.2. The Kier molecular flexibility index (Phi) is 12.9. The predicted octanol–water partition coefficient (Wildman–Crippen LogP) is 18.2. The van der Waals surface area contributed by atoms with Gasteiger partial charge in [0.1, 0.15) is 0 Å². The maximum absolute atomic E-state index is 2.69. The van der Waals surface area contributed by atoms with Gasteiger partial charge >= 0.3 is 393 Å². The Morgan fingerprint density at radius 3 is 1.06 bits per heavy atom. The zero-order chi connectivity index (χ0) is 51.4. The molecule has 0 N–H and O–H groups in total. The molecule has 368 valence electrons. The van der Waals surface area contributed by atoms with Crippen molar-refractivity contribution in [2.24, 2.45) is 21.7 Å². The van der Waals surface area contributed by atoms with Crippen LogP contribution in [0.2, 0.25) is 0 Å². The summed E-state index contributed by atoms with van der Waals surface area (Å²) in [5.41, 5.74) is 20.3. The SMILES string of the molecule is CC(C)(C)C1=CC(=C/C=C2\CC3(C/C(=C\C=C4C=C(C(C)(C)C)[Se]C(C(C)(C)C)=C4)C2=[N+]2c4ccc(C(C)(C)C)cc4-c4cc(C(C)(C)C)ccc42)c2ccccc2-c2ccccc23)C=C(C(C)(C)C)[Se]1. The molecule has 0 radical (unpaired) electrons. The Hall–Kier alpha value is -4.49. The topological polar surface area (TPSA) is 3.01 Å². The minimum absolute atomic E-state index is 0.00658. The molecule has 0 bridgehead atoms. The van der Waals surface area contributed by atoms with Gasteiger partial charge in [-0.05, 0) is 10.8 Å². The first-order valence-corrected chi connectivity index (χ1v) is 29.6. The molecule has 0 aromatic heterocycles. The summed E-state index contributed by atoms with van der Waals surface area (Å²) in [5, 5.41) is 0. The molecule has 5 aliphatic rings. The second-order valence-electron chi connectivity index (χ2n) is 27.1. The van der Waals surface area contributed by atoms with E-state index in [0.717, 1.165) is 12.8 Å². The van der Waals surface area contributed by atoms with Crippen LogP contribution in [0.5, 0.6) is 0 Å². The molecule has 1 fully saturated rings. The van der Waals surface area contributed by atoms with Crippen molar-refractivity contribution in [1.29, 1.82) is 0 Å². The second-order valence-corrected chi connectivity index (χ2v) is 31.7. The van der Waals surface area contributed by atoms with Crippen LogP contribution in [0.1, 0.15) is 160 Å². The average Bonchev–Trinajstić information content (AvgIpc) is 3.74. The van der Waals surface area contributed by atoms with Crippen LogP contribution < -0.4 is 4.58 Å². The van der Waals surface area contributed by atoms with Gasteiger partial charge in [0.2, 0.25) is 0 Å². The Balaban J connectivity index is 1.42. The van der Waals surface area contributed by atoms with E-state index in [2.05, 4.69) is 263 Å². The van der Waals surface area contributed by atoms with E-state index < -0.39 is 0 Å². The first kappa shape index (κ1) is 51.4. The molecule has 71 heavy (non-hydrogen) atoms. The van der Waals surface area contributed by atoms with Gasteiger partial charge in [0.25, 0.3) is 0 Å². The third kappa shape index (κ3) is 9.88. The van der Waals surface area contributed by atoms with Crippen LogP contribution in [0.15, 0.2) is 174 Å². The van der Waals surface area contributed by atoms with Crippen LogP contribution in [0, 0.1) is 21.7 Å². The van der Waals surface area contributed by atoms with Crippen LogP contribution >= 0.6 is 0 Å². The second kappa shape index (κ2) is 17.9. The molecule has 9 rings (SSSR count). The summed E-state index contributed by atoms with van der Waals surface area (Å²) in [6.07, 6.45) is 21.9. The van der Waals surface area contributed by atoms with Crippen molar-refractivity contribution in [1.82, 2.24) is 4.58 Å². The Morgan fingerprint density at radius 1 is 0.394 bits per heavy atom. The van der Waals surface area contributed by atoms with Crippen LogP contribution in [0.3, 0.4) is 0 Å². The molecule has 0 unspecified atom stereocenters. The van der Waals surface area contributed by atoms with E-state index >= 15 is 0 Å². The van der Waals surface area contributed by atoms with E-state index in [-0.39, 0.29) is 37.9 Å². The monoisotopic (exact) mass is 1070 g/mol. The van der Waals surface area contributed by atoms with Gasteiger partial charge in [-0.3, -0.25) is 0 Å². The number of benzene rings is 4. The van der Waals surface area contributed by atoms with Crippen molar-refractivity contribution >= 4 is 47.0 Å². The van der Waals surface area contributed by atoms with E-state index in [9.17, 15) is 0 Å². The van der Waals surface area contributed by atoms with Gasteiger partial charge in [0, 0.05) is 0 Å². The molecular formula is C68H80NSe2+. The zero-order valence-corrected chi connectivity index (χ0v) is 49.8. The quantitative estimate of drug-likeness (QED) is 0.122. The molecule has 0 atom stereocenters. The van der Waals surface area contributed by atoms with Gasteiger partial charge in [0.15, 0.2) is 0 Å². The fourth-order valence-electron chi connectivity index (χ4n) is 10.8. The van der Waals surface area contributed by atoms with Crippen molar-refractivity contribution in [3.63, 3.8) is 0 Å². The minimum atomic E-state index is -0.258. The van der Waals surface area contributed by atoms with Crippen LogP contribution in [-0.2, 0) is 16.2 Å². The third-order valence-electron chi connectivity index (χ3n) is 15.0. The van der Waals surface area contributed by atoms with Crippen molar-refractivity contribution in [3.05, 3.63) is 196 Å². The molecule has 2 aliphatic carbocycles. The number of allylic oxidation sites excluding steroid dienone is 16. The molecule has 0 saturated heterocycles. The molecule has 3 heterocycles. The standard InChI is InChI=1S/C68H80NSe2/c1-62(2,3)47-31-33-55-51(39-47)52-40-48(63(4,5)6)32-34-56(52)69(55)61-45(29-27-43-35-57(64(7,8)9)70-58(36-43)65(10,11)12)41-68(53-25-21-19-23-49(53)50-24-20-22-26-54(50)68)42-46(61)30-28-44-37-59(66(13,14)15)71-60(38-44)67(16,17)18/h19-40H,41-42H2,1-18H3/q+1/b45-29+,46-30+. The van der Waals surface area contributed by atoms with Crippen molar-refractivity contribution < 1.29 is 0 Å². The molecule has 3 heteroatoms. The number of rotatable bonds is 2. The molecule has 1 nitrogen and oxygen atoms in total. The summed E-state index contributed by atoms with van der Waals surface area (Å²) in [7, 11) is 0. The number of hydrogen-bond donors (Lipinski definition) is 0. The molecule has 1 spiro atoms. The van der Waals surface area contributed by atoms with E-state index in [1.165, 1.54) is 83.9 Å². The van der Waals surface area contributed by atoms with Crippen LogP contribution in [0.25, 0.3) is 22.3 Å². The molecule has 0 amide bonds. The van der Waals surface area contributed by atoms with Crippen LogP contribution in [0.4, 0.5) is 11.4 Å². The fraction of sp³-hybridized carbons (Fsp3) is 0.397. The van der Waals surface area contributed by atoms with Crippen molar-refractivity contribution in [2.75, 3.05) is 0 Å². The molecular weight excluding hydrogens is 989 g/mol. The molecule has 4 aromatic rings. The maximum atomic E-state index is 2.69. The zero-order valence-electron chi connectivity index (χ0n) is 46.4. The third-order valence-corrected chi connectivity index (χ3v) is 23.0. The fourth-order valence-corrected chi connectivity index (χ4v) is 16.0. The van der Waals surface area contributed by atoms with Gasteiger partial charge in [-0.2, -0.15) is 0 Å². The molecule has 3 aliphatic heterocycles. The number of hydrogen-bond acceptors (Lipinski definition) is 0. The number of fused-ring (bicyclic) bond motifs is 8. The summed E-state index contributed by atoms with van der Waals surface area (Å²) < 4.78 is 8.92. The number of nitrogens with zero attached hydrogens (tertiary/aromatic N) is 1. The van der Waals surface area contributed by atoms with E-state index in [4.69, 9.17) is 0 Å². The van der Waals surface area contributed by atoms with Gasteiger partial charge in [-0.1, -0.05) is 41.5 Å². The van der Waals surface area contributed by atoms with Gasteiger partial charge in [-0.25, -0.2) is 0 Å². The Bertz CT molecular complexity index is 2880. The van der Waals surface area contributed by atoms with Crippen molar-refractivity contribution in [3.8, 4) is 22.3 Å². The van der Waals surface area contributed by atoms with E-state index in [0.29, 0.717) is 29.9 Å².